The number of anilines is 1. The summed E-state index contributed by atoms with van der Waals surface area (Å²) in [6.45, 7) is 3.26. The number of amides is 1. The topological polar surface area (TPSA) is 69.5 Å². The number of hydrogen-bond donors (Lipinski definition) is 0. The van der Waals surface area contributed by atoms with E-state index in [2.05, 4.69) is 16.0 Å². The number of para-hydroxylation sites is 1. The predicted octanol–water partition coefficient (Wildman–Crippen LogP) is 2.24. The molecule has 0 spiro atoms. The number of aromatic nitrogens is 1. The summed E-state index contributed by atoms with van der Waals surface area (Å²) in [6.07, 6.45) is 3.18. The molecule has 0 N–H and O–H groups in total. The average molecular weight is 362 g/mol. The van der Waals surface area contributed by atoms with Crippen LogP contribution in [0.15, 0.2) is 42.6 Å². The van der Waals surface area contributed by atoms with Crippen molar-refractivity contribution in [3.8, 4) is 11.8 Å². The van der Waals surface area contributed by atoms with Gasteiger partial charge in [-0.2, -0.15) is 5.26 Å². The minimum Gasteiger partial charge on any atom is -0.493 e. The van der Waals surface area contributed by atoms with Gasteiger partial charge in [0.05, 0.1) is 12.2 Å². The first-order valence-corrected chi connectivity index (χ1v) is 9.36. The summed E-state index contributed by atoms with van der Waals surface area (Å²) in [5, 5.41) is 9.27. The second kappa shape index (κ2) is 7.67. The van der Waals surface area contributed by atoms with Crippen molar-refractivity contribution in [3.63, 3.8) is 0 Å². The van der Waals surface area contributed by atoms with Gasteiger partial charge in [-0.05, 0) is 36.6 Å². The largest absolute Gasteiger partial charge is 0.493 e. The summed E-state index contributed by atoms with van der Waals surface area (Å²) in [6, 6.07) is 13.7. The van der Waals surface area contributed by atoms with Crippen LogP contribution < -0.4 is 9.64 Å². The summed E-state index contributed by atoms with van der Waals surface area (Å²) in [4.78, 5) is 21.5. The van der Waals surface area contributed by atoms with Crippen LogP contribution in [-0.2, 0) is 11.2 Å². The molecule has 0 aliphatic carbocycles. The van der Waals surface area contributed by atoms with Crippen LogP contribution in [0.3, 0.4) is 0 Å². The smallest absolute Gasteiger partial charge is 0.226 e. The SMILES string of the molecule is N#Cc1cccnc1N1CCN(C(=O)C2CCOc3ccccc3C2)CC1. The molecule has 1 amide bonds. The fourth-order valence-corrected chi connectivity index (χ4v) is 3.84. The average Bonchev–Trinajstić information content (AvgIpc) is 2.96. The van der Waals surface area contributed by atoms with E-state index < -0.39 is 0 Å². The minimum atomic E-state index is -0.0373. The molecule has 1 unspecified atom stereocenters. The van der Waals surface area contributed by atoms with Crippen molar-refractivity contribution in [1.29, 1.82) is 5.26 Å². The molecule has 6 nitrogen and oxygen atoms in total. The number of piperazine rings is 1. The molecule has 0 saturated carbocycles. The first-order chi connectivity index (χ1) is 13.3. The monoisotopic (exact) mass is 362 g/mol. The highest BCUT2D eigenvalue weighted by Crippen LogP contribution is 2.28. The maximum Gasteiger partial charge on any atom is 0.226 e. The third-order valence-electron chi connectivity index (χ3n) is 5.31. The fraction of sp³-hybridized carbons (Fsp3) is 0.381. The summed E-state index contributed by atoms with van der Waals surface area (Å²) in [7, 11) is 0. The van der Waals surface area contributed by atoms with Crippen molar-refractivity contribution in [1.82, 2.24) is 9.88 Å². The molecule has 1 aromatic heterocycles. The van der Waals surface area contributed by atoms with Crippen LogP contribution >= 0.6 is 0 Å². The van der Waals surface area contributed by atoms with E-state index in [4.69, 9.17) is 4.74 Å². The Kier molecular flexibility index (Phi) is 4.93. The van der Waals surface area contributed by atoms with Crippen LogP contribution in [-0.4, -0.2) is 48.6 Å². The molecule has 1 fully saturated rings. The molecule has 0 bridgehead atoms. The minimum absolute atomic E-state index is 0.0373. The van der Waals surface area contributed by atoms with E-state index in [0.717, 1.165) is 24.2 Å². The van der Waals surface area contributed by atoms with Gasteiger partial charge in [0, 0.05) is 38.3 Å². The van der Waals surface area contributed by atoms with Gasteiger partial charge in [0.25, 0.3) is 0 Å². The second-order valence-electron chi connectivity index (χ2n) is 6.94. The van der Waals surface area contributed by atoms with Crippen LogP contribution in [0.4, 0.5) is 5.82 Å². The lowest BCUT2D eigenvalue weighted by Crippen LogP contribution is -2.51. The molecule has 1 atom stereocenters. The van der Waals surface area contributed by atoms with Gasteiger partial charge in [0.15, 0.2) is 0 Å². The number of carbonyl (C=O) groups excluding carboxylic acids is 1. The first kappa shape index (κ1) is 17.3. The normalized spacial score (nSPS) is 19.4. The molecular weight excluding hydrogens is 340 g/mol. The van der Waals surface area contributed by atoms with Gasteiger partial charge in [-0.25, -0.2) is 4.98 Å². The zero-order valence-corrected chi connectivity index (χ0v) is 15.2. The number of hydrogen-bond acceptors (Lipinski definition) is 5. The fourth-order valence-electron chi connectivity index (χ4n) is 3.84. The summed E-state index contributed by atoms with van der Waals surface area (Å²) in [5.41, 5.74) is 1.69. The number of fused-ring (bicyclic) bond motifs is 1. The number of carbonyl (C=O) groups is 1. The van der Waals surface area contributed by atoms with Crippen molar-refractivity contribution in [2.75, 3.05) is 37.7 Å². The van der Waals surface area contributed by atoms with Crippen molar-refractivity contribution in [2.24, 2.45) is 5.92 Å². The standard InChI is InChI=1S/C21H22N4O2/c22-15-18-5-3-8-23-20(18)24-9-11-25(12-10-24)21(26)17-7-13-27-19-6-2-1-4-16(19)14-17/h1-6,8,17H,7,9-14H2. The van der Waals surface area contributed by atoms with Crippen LogP contribution in [0.5, 0.6) is 5.75 Å². The Labute approximate surface area is 159 Å². The Hall–Kier alpha value is -3.07. The lowest BCUT2D eigenvalue weighted by Gasteiger charge is -2.37. The number of benzene rings is 1. The predicted molar refractivity (Wildman–Crippen MR) is 101 cm³/mol. The Balaban J connectivity index is 1.41. The summed E-state index contributed by atoms with van der Waals surface area (Å²) in [5.74, 6) is 1.78. The third kappa shape index (κ3) is 3.59. The van der Waals surface area contributed by atoms with Gasteiger partial charge < -0.3 is 14.5 Å². The van der Waals surface area contributed by atoms with Gasteiger partial charge in [-0.15, -0.1) is 0 Å². The molecule has 1 saturated heterocycles. The second-order valence-corrected chi connectivity index (χ2v) is 6.94. The van der Waals surface area contributed by atoms with Crippen molar-refractivity contribution in [2.45, 2.75) is 12.8 Å². The molecule has 2 aliphatic rings. The molecule has 138 valence electrons. The molecule has 4 rings (SSSR count). The van der Waals surface area contributed by atoms with Gasteiger partial charge >= 0.3 is 0 Å². The zero-order valence-electron chi connectivity index (χ0n) is 15.2. The molecule has 6 heteroatoms. The highest BCUT2D eigenvalue weighted by molar-refractivity contribution is 5.79. The molecule has 2 aliphatic heterocycles. The Bertz CT molecular complexity index is 868. The van der Waals surface area contributed by atoms with Gasteiger partial charge in [-0.3, -0.25) is 4.79 Å². The Morgan fingerprint density at radius 3 is 2.78 bits per heavy atom. The molecule has 0 radical (unpaired) electrons. The van der Waals surface area contributed by atoms with E-state index in [1.807, 2.05) is 29.2 Å². The molecule has 2 aromatic rings. The van der Waals surface area contributed by atoms with E-state index in [1.54, 1.807) is 18.3 Å². The summed E-state index contributed by atoms with van der Waals surface area (Å²) < 4.78 is 5.80. The maximum absolute atomic E-state index is 13.1. The van der Waals surface area contributed by atoms with Crippen molar-refractivity contribution < 1.29 is 9.53 Å². The van der Waals surface area contributed by atoms with E-state index in [-0.39, 0.29) is 11.8 Å². The van der Waals surface area contributed by atoms with Crippen molar-refractivity contribution in [3.05, 3.63) is 53.7 Å². The lowest BCUT2D eigenvalue weighted by atomic mass is 9.95. The van der Waals surface area contributed by atoms with Gasteiger partial charge in [0.2, 0.25) is 5.91 Å². The number of rotatable bonds is 2. The van der Waals surface area contributed by atoms with Crippen LogP contribution in [0.25, 0.3) is 0 Å². The van der Waals surface area contributed by atoms with Crippen LogP contribution in [0, 0.1) is 17.2 Å². The molecular formula is C21H22N4O2. The van der Waals surface area contributed by atoms with Crippen molar-refractivity contribution >= 4 is 11.7 Å². The Morgan fingerprint density at radius 1 is 1.15 bits per heavy atom. The highest BCUT2D eigenvalue weighted by atomic mass is 16.5. The number of nitriles is 1. The third-order valence-corrected chi connectivity index (χ3v) is 5.31. The van der Waals surface area contributed by atoms with E-state index >= 15 is 0 Å². The van der Waals surface area contributed by atoms with Gasteiger partial charge in [0.1, 0.15) is 17.6 Å². The van der Waals surface area contributed by atoms with E-state index in [9.17, 15) is 10.1 Å². The highest BCUT2D eigenvalue weighted by Gasteiger charge is 2.30. The maximum atomic E-state index is 13.1. The molecule has 27 heavy (non-hydrogen) atoms. The lowest BCUT2D eigenvalue weighted by molar-refractivity contribution is -0.136. The Morgan fingerprint density at radius 2 is 1.96 bits per heavy atom. The number of ether oxygens (including phenoxy) is 1. The van der Waals surface area contributed by atoms with E-state index in [0.29, 0.717) is 44.2 Å². The summed E-state index contributed by atoms with van der Waals surface area (Å²) >= 11 is 0. The van der Waals surface area contributed by atoms with E-state index in [1.165, 1.54) is 0 Å². The zero-order chi connectivity index (χ0) is 18.6. The number of nitrogens with zero attached hydrogens (tertiary/aromatic N) is 4. The van der Waals surface area contributed by atoms with Gasteiger partial charge in [-0.1, -0.05) is 18.2 Å². The first-order valence-electron chi connectivity index (χ1n) is 9.36. The van der Waals surface area contributed by atoms with Crippen LogP contribution in [0.1, 0.15) is 17.5 Å². The number of pyridine rings is 1. The van der Waals surface area contributed by atoms with Crippen LogP contribution in [0.2, 0.25) is 0 Å². The molecule has 3 heterocycles. The molecule has 1 aromatic carbocycles. The quantitative estimate of drug-likeness (QED) is 0.819.